The summed E-state index contributed by atoms with van der Waals surface area (Å²) in [5.74, 6) is -1.99. The zero-order valence-corrected chi connectivity index (χ0v) is 15.3. The summed E-state index contributed by atoms with van der Waals surface area (Å²) in [7, 11) is 0. The van der Waals surface area contributed by atoms with Crippen molar-refractivity contribution in [2.45, 2.75) is 45.1 Å². The van der Waals surface area contributed by atoms with E-state index in [-0.39, 0.29) is 40.6 Å². The van der Waals surface area contributed by atoms with E-state index in [2.05, 4.69) is 0 Å². The molecule has 23 heavy (non-hydrogen) atoms. The number of carbonyl (C=O) groups excluding carboxylic acids is 1. The van der Waals surface area contributed by atoms with Crippen LogP contribution in [0.2, 0.25) is 0 Å². The van der Waals surface area contributed by atoms with Gasteiger partial charge in [-0.3, -0.25) is 4.79 Å². The molecule has 2 aromatic rings. The van der Waals surface area contributed by atoms with Crippen molar-refractivity contribution in [2.24, 2.45) is 0 Å². The second kappa shape index (κ2) is 7.18. The van der Waals surface area contributed by atoms with Crippen molar-refractivity contribution in [1.82, 2.24) is 0 Å². The van der Waals surface area contributed by atoms with Crippen molar-refractivity contribution in [1.29, 1.82) is 0 Å². The van der Waals surface area contributed by atoms with Gasteiger partial charge in [0.05, 0.1) is 11.5 Å². The Hall–Kier alpha value is -1.14. The van der Waals surface area contributed by atoms with Crippen molar-refractivity contribution in [3.63, 3.8) is 0 Å². The molecule has 0 bridgehead atoms. The van der Waals surface area contributed by atoms with Crippen molar-refractivity contribution in [3.8, 4) is 0 Å². The van der Waals surface area contributed by atoms with Gasteiger partial charge in [0.15, 0.2) is 11.2 Å². The number of aromatic carboxylic acids is 1. The number of aliphatic hydroxyl groups is 1. The van der Waals surface area contributed by atoms with Crippen LogP contribution in [0.3, 0.4) is 0 Å². The molecular weight excluding hydrogens is 307 g/mol. The summed E-state index contributed by atoms with van der Waals surface area (Å²) in [6, 6.07) is 2.76. The predicted molar refractivity (Wildman–Crippen MR) is 78.8 cm³/mol. The smallest absolute Gasteiger partial charge is 0.542 e. The number of carbonyl (C=O) groups is 1. The zero-order valence-electron chi connectivity index (χ0n) is 13.3. The summed E-state index contributed by atoms with van der Waals surface area (Å²) in [6.07, 6.45) is 3.57. The Morgan fingerprint density at radius 1 is 1.35 bits per heavy atom. The molecule has 1 unspecified atom stereocenters. The van der Waals surface area contributed by atoms with Crippen LogP contribution in [0.25, 0.3) is 11.0 Å². The average molecular weight is 324 g/mol. The second-order valence-electron chi connectivity index (χ2n) is 5.89. The third kappa shape index (κ3) is 3.53. The maximum atomic E-state index is 12.2. The van der Waals surface area contributed by atoms with Gasteiger partial charge in [0, 0.05) is 18.1 Å². The van der Waals surface area contributed by atoms with Gasteiger partial charge in [-0.1, -0.05) is 0 Å². The molecule has 1 aromatic carbocycles. The normalized spacial score (nSPS) is 14.9. The third-order valence-electron chi connectivity index (χ3n) is 4.15. The van der Waals surface area contributed by atoms with E-state index >= 15 is 0 Å². The largest absolute Gasteiger partial charge is 1.00 e. The molecule has 0 amide bonds. The van der Waals surface area contributed by atoms with Crippen LogP contribution in [0.5, 0.6) is 0 Å². The SMILES string of the molecule is CC(O)Cc1c2c(cc3c(=O)cc(C(=O)[O-])oc13)CCCC2.[Na+]. The van der Waals surface area contributed by atoms with Crippen LogP contribution in [-0.2, 0) is 19.3 Å². The van der Waals surface area contributed by atoms with Crippen LogP contribution >= 0.6 is 0 Å². The molecule has 0 spiro atoms. The fraction of sp³-hybridized carbons (Fsp3) is 0.412. The molecular formula is C17H17NaO5. The first-order chi connectivity index (χ1) is 10.5. The van der Waals surface area contributed by atoms with Gasteiger partial charge in [-0.2, -0.15) is 0 Å². The van der Waals surface area contributed by atoms with E-state index in [9.17, 15) is 19.8 Å². The number of benzene rings is 1. The molecule has 1 aliphatic rings. The molecule has 6 heteroatoms. The number of fused-ring (bicyclic) bond motifs is 2. The molecule has 0 fully saturated rings. The molecule has 1 aromatic heterocycles. The zero-order chi connectivity index (χ0) is 15.9. The Kier molecular flexibility index (Phi) is 5.68. The minimum Gasteiger partial charge on any atom is -0.542 e. The molecule has 5 nitrogen and oxygen atoms in total. The minimum atomic E-state index is -1.51. The van der Waals surface area contributed by atoms with Gasteiger partial charge in [-0.05, 0) is 49.8 Å². The van der Waals surface area contributed by atoms with E-state index in [1.807, 2.05) is 0 Å². The summed E-state index contributed by atoms with van der Waals surface area (Å²) in [6.45, 7) is 1.66. The first-order valence-corrected chi connectivity index (χ1v) is 7.48. The molecule has 1 atom stereocenters. The number of rotatable bonds is 3. The summed E-state index contributed by atoms with van der Waals surface area (Å²) in [4.78, 5) is 23.2. The summed E-state index contributed by atoms with van der Waals surface area (Å²) in [5, 5.41) is 21.2. The van der Waals surface area contributed by atoms with Gasteiger partial charge in [0.1, 0.15) is 11.6 Å². The van der Waals surface area contributed by atoms with Gasteiger partial charge >= 0.3 is 29.6 Å². The Morgan fingerprint density at radius 2 is 2.04 bits per heavy atom. The van der Waals surface area contributed by atoms with Crippen LogP contribution in [0, 0.1) is 0 Å². The maximum Gasteiger partial charge on any atom is 1.00 e. The summed E-state index contributed by atoms with van der Waals surface area (Å²) >= 11 is 0. The summed E-state index contributed by atoms with van der Waals surface area (Å²) < 4.78 is 5.43. The Morgan fingerprint density at radius 3 is 2.70 bits per heavy atom. The van der Waals surface area contributed by atoms with Gasteiger partial charge in [0.25, 0.3) is 0 Å². The molecule has 0 radical (unpaired) electrons. The quantitative estimate of drug-likeness (QED) is 0.657. The van der Waals surface area contributed by atoms with Gasteiger partial charge in [-0.25, -0.2) is 0 Å². The average Bonchev–Trinajstić information content (AvgIpc) is 2.47. The molecule has 1 heterocycles. The number of hydrogen-bond acceptors (Lipinski definition) is 5. The van der Waals surface area contributed by atoms with Crippen LogP contribution < -0.4 is 40.1 Å². The van der Waals surface area contributed by atoms with Crippen molar-refractivity contribution in [3.05, 3.63) is 44.8 Å². The van der Waals surface area contributed by atoms with Crippen molar-refractivity contribution >= 4 is 16.9 Å². The predicted octanol–water partition coefficient (Wildman–Crippen LogP) is -2.04. The second-order valence-corrected chi connectivity index (χ2v) is 5.89. The fourth-order valence-corrected chi connectivity index (χ4v) is 3.22. The molecule has 0 saturated carbocycles. The van der Waals surface area contributed by atoms with Gasteiger partial charge in [0.2, 0.25) is 0 Å². The fourth-order valence-electron chi connectivity index (χ4n) is 3.22. The maximum absolute atomic E-state index is 12.2. The number of hydrogen-bond donors (Lipinski definition) is 1. The number of carboxylic acid groups (broad SMARTS) is 1. The number of carboxylic acids is 1. The van der Waals surface area contributed by atoms with E-state index in [0.717, 1.165) is 48.4 Å². The molecule has 0 saturated heterocycles. The number of aryl methyl sites for hydroxylation is 1. The molecule has 116 valence electrons. The molecule has 0 aliphatic heterocycles. The van der Waals surface area contributed by atoms with Crippen molar-refractivity contribution < 1.29 is 49.0 Å². The van der Waals surface area contributed by atoms with Crippen LogP contribution in [-0.4, -0.2) is 17.2 Å². The molecule has 1 N–H and O–H groups in total. The third-order valence-corrected chi connectivity index (χ3v) is 4.15. The van der Waals surface area contributed by atoms with Crippen LogP contribution in [0.4, 0.5) is 0 Å². The van der Waals surface area contributed by atoms with Crippen LogP contribution in [0.1, 0.15) is 47.0 Å². The van der Waals surface area contributed by atoms with E-state index in [1.165, 1.54) is 0 Å². The van der Waals surface area contributed by atoms with E-state index in [1.54, 1.807) is 13.0 Å². The first-order valence-electron chi connectivity index (χ1n) is 7.48. The van der Waals surface area contributed by atoms with Crippen molar-refractivity contribution in [2.75, 3.05) is 0 Å². The van der Waals surface area contributed by atoms with E-state index < -0.39 is 17.8 Å². The molecule has 1 aliphatic carbocycles. The summed E-state index contributed by atoms with van der Waals surface area (Å²) in [5.41, 5.74) is 2.82. The van der Waals surface area contributed by atoms with Crippen LogP contribution in [0.15, 0.2) is 21.3 Å². The topological polar surface area (TPSA) is 90.6 Å². The first kappa shape index (κ1) is 18.2. The van der Waals surface area contributed by atoms with E-state index in [4.69, 9.17) is 4.42 Å². The van der Waals surface area contributed by atoms with Gasteiger partial charge in [-0.15, -0.1) is 0 Å². The monoisotopic (exact) mass is 324 g/mol. The standard InChI is InChI=1S/C17H18O5.Na/c1-9(18)6-12-11-5-3-2-4-10(11)7-13-14(19)8-15(17(20)21)22-16(12)13;/h7-9,18H,2-6H2,1H3,(H,20,21);/q;+1/p-1. The molecule has 3 rings (SSSR count). The van der Waals surface area contributed by atoms with Gasteiger partial charge < -0.3 is 19.4 Å². The minimum absolute atomic E-state index is 0. The number of aliphatic hydroxyl groups excluding tert-OH is 1. The van der Waals surface area contributed by atoms with E-state index in [0.29, 0.717) is 11.8 Å². The Labute approximate surface area is 155 Å². The Balaban J connectivity index is 0.00000192. The Bertz CT molecular complexity index is 807.